The van der Waals surface area contributed by atoms with Gasteiger partial charge in [0.25, 0.3) is 5.91 Å². The third-order valence-electron chi connectivity index (χ3n) is 4.84. The van der Waals surface area contributed by atoms with Crippen LogP contribution >= 0.6 is 0 Å². The maximum Gasteiger partial charge on any atom is 0.329 e. The fourth-order valence-corrected chi connectivity index (χ4v) is 3.24. The number of carbonyl (C=O) groups is 3. The lowest BCUT2D eigenvalue weighted by molar-refractivity contribution is -0.139. The second kappa shape index (κ2) is 13.9. The molecule has 0 radical (unpaired) electrons. The Morgan fingerprint density at radius 3 is 2.29 bits per heavy atom. The van der Waals surface area contributed by atoms with Gasteiger partial charge in [-0.25, -0.2) is 5.43 Å². The largest absolute Gasteiger partial charge is 0.484 e. The monoisotopic (exact) mass is 482 g/mol. The van der Waals surface area contributed by atoms with E-state index in [1.54, 1.807) is 24.3 Å². The molecule has 0 saturated heterocycles. The number of hydrogen-bond acceptors (Lipinski definition) is 6. The molecule has 9 heteroatoms. The van der Waals surface area contributed by atoms with Crippen molar-refractivity contribution >= 4 is 29.6 Å². The van der Waals surface area contributed by atoms with E-state index in [2.05, 4.69) is 21.2 Å². The van der Waals surface area contributed by atoms with Crippen molar-refractivity contribution in [2.75, 3.05) is 25.1 Å². The summed E-state index contributed by atoms with van der Waals surface area (Å²) in [4.78, 5) is 35.8. The minimum Gasteiger partial charge on any atom is -0.484 e. The van der Waals surface area contributed by atoms with Gasteiger partial charge >= 0.3 is 11.8 Å². The Kier molecular flexibility index (Phi) is 10.9. The van der Waals surface area contributed by atoms with Crippen LogP contribution in [0.2, 0.25) is 0 Å². The molecule has 0 spiro atoms. The highest BCUT2D eigenvalue weighted by Crippen LogP contribution is 2.22. The van der Waals surface area contributed by atoms with Gasteiger partial charge in [-0.1, -0.05) is 17.7 Å². The van der Waals surface area contributed by atoms with Gasteiger partial charge in [-0.3, -0.25) is 14.4 Å². The third-order valence-corrected chi connectivity index (χ3v) is 4.84. The summed E-state index contributed by atoms with van der Waals surface area (Å²) in [6, 6.07) is 10.8. The first kappa shape index (κ1) is 27.5. The fraction of sp³-hybridized carbons (Fsp3) is 0.385. The van der Waals surface area contributed by atoms with Crippen LogP contribution in [0.25, 0.3) is 0 Å². The van der Waals surface area contributed by atoms with E-state index in [0.29, 0.717) is 30.9 Å². The molecule has 9 nitrogen and oxygen atoms in total. The van der Waals surface area contributed by atoms with Crippen molar-refractivity contribution in [3.63, 3.8) is 0 Å². The number of anilines is 1. The average molecular weight is 483 g/mol. The van der Waals surface area contributed by atoms with Crippen molar-refractivity contribution in [3.05, 3.63) is 58.7 Å². The van der Waals surface area contributed by atoms with Gasteiger partial charge in [0, 0.05) is 18.8 Å². The van der Waals surface area contributed by atoms with Gasteiger partial charge in [0.05, 0.1) is 12.3 Å². The lowest BCUT2D eigenvalue weighted by Crippen LogP contribution is -2.38. The minimum absolute atomic E-state index is 0.126. The van der Waals surface area contributed by atoms with Crippen LogP contribution in [0.5, 0.6) is 5.75 Å². The maximum atomic E-state index is 12.3. The molecule has 0 aliphatic heterocycles. The first-order valence-corrected chi connectivity index (χ1v) is 11.5. The highest BCUT2D eigenvalue weighted by Gasteiger charge is 2.12. The zero-order valence-electron chi connectivity index (χ0n) is 20.9. The van der Waals surface area contributed by atoms with Crippen LogP contribution in [-0.4, -0.2) is 49.8 Å². The van der Waals surface area contributed by atoms with E-state index < -0.39 is 11.8 Å². The van der Waals surface area contributed by atoms with Crippen LogP contribution < -0.4 is 20.8 Å². The van der Waals surface area contributed by atoms with E-state index in [9.17, 15) is 14.4 Å². The number of carbonyl (C=O) groups excluding carboxylic acids is 3. The van der Waals surface area contributed by atoms with Gasteiger partial charge in [-0.05, 0) is 82.0 Å². The number of aryl methyl sites for hydroxylation is 3. The summed E-state index contributed by atoms with van der Waals surface area (Å²) in [6.45, 7) is 10.5. The topological polar surface area (TPSA) is 118 Å². The van der Waals surface area contributed by atoms with Crippen molar-refractivity contribution in [1.29, 1.82) is 0 Å². The predicted octanol–water partition coefficient (Wildman–Crippen LogP) is 3.01. The van der Waals surface area contributed by atoms with Crippen LogP contribution in [0.4, 0.5) is 5.69 Å². The summed E-state index contributed by atoms with van der Waals surface area (Å²) in [5, 5.41) is 9.19. The second-order valence-corrected chi connectivity index (χ2v) is 8.41. The molecule has 35 heavy (non-hydrogen) atoms. The second-order valence-electron chi connectivity index (χ2n) is 8.41. The molecule has 0 unspecified atom stereocenters. The quantitative estimate of drug-likeness (QED) is 0.197. The summed E-state index contributed by atoms with van der Waals surface area (Å²) in [7, 11) is 0. The summed E-state index contributed by atoms with van der Waals surface area (Å²) in [5.41, 5.74) is 6.80. The Morgan fingerprint density at radius 2 is 1.66 bits per heavy atom. The fourth-order valence-electron chi connectivity index (χ4n) is 3.24. The number of amides is 3. The zero-order valence-corrected chi connectivity index (χ0v) is 20.9. The van der Waals surface area contributed by atoms with Crippen molar-refractivity contribution in [2.24, 2.45) is 5.10 Å². The van der Waals surface area contributed by atoms with E-state index in [1.165, 1.54) is 6.21 Å². The van der Waals surface area contributed by atoms with Gasteiger partial charge in [-0.2, -0.15) is 5.10 Å². The summed E-state index contributed by atoms with van der Waals surface area (Å²) < 4.78 is 10.9. The van der Waals surface area contributed by atoms with E-state index in [-0.39, 0.29) is 18.6 Å². The number of ether oxygens (including phenoxy) is 2. The molecule has 2 aromatic rings. The molecule has 0 heterocycles. The Labute approximate surface area is 206 Å². The molecule has 2 rings (SSSR count). The minimum atomic E-state index is -0.851. The molecule has 0 bridgehead atoms. The summed E-state index contributed by atoms with van der Waals surface area (Å²) in [5.74, 6) is -1.35. The van der Waals surface area contributed by atoms with Crippen molar-refractivity contribution < 1.29 is 23.9 Å². The number of nitrogens with one attached hydrogen (secondary N) is 3. The van der Waals surface area contributed by atoms with Crippen molar-refractivity contribution in [3.8, 4) is 5.75 Å². The molecule has 0 atom stereocenters. The lowest BCUT2D eigenvalue weighted by atomic mass is 10.1. The third kappa shape index (κ3) is 9.97. The number of rotatable bonds is 11. The lowest BCUT2D eigenvalue weighted by Gasteiger charge is -2.13. The van der Waals surface area contributed by atoms with E-state index in [0.717, 1.165) is 22.4 Å². The van der Waals surface area contributed by atoms with Gasteiger partial charge in [0.1, 0.15) is 5.75 Å². The Hall–Kier alpha value is -3.72. The molecule has 3 amide bonds. The van der Waals surface area contributed by atoms with Gasteiger partial charge in [0.2, 0.25) is 0 Å². The van der Waals surface area contributed by atoms with Crippen molar-refractivity contribution in [2.45, 2.75) is 47.1 Å². The van der Waals surface area contributed by atoms with Gasteiger partial charge in [0.15, 0.2) is 6.61 Å². The number of benzene rings is 2. The first-order chi connectivity index (χ1) is 16.7. The van der Waals surface area contributed by atoms with Crippen LogP contribution in [-0.2, 0) is 19.1 Å². The summed E-state index contributed by atoms with van der Waals surface area (Å²) >= 11 is 0. The predicted molar refractivity (Wildman–Crippen MR) is 136 cm³/mol. The molecule has 0 aliphatic carbocycles. The molecule has 0 aliphatic rings. The Balaban J connectivity index is 1.73. The molecular weight excluding hydrogens is 448 g/mol. The molecule has 0 fully saturated rings. The van der Waals surface area contributed by atoms with E-state index in [4.69, 9.17) is 9.47 Å². The normalized spacial score (nSPS) is 10.9. The standard InChI is InChI=1S/C26H34N4O5/c1-17(2)34-12-6-11-27-25(32)26(33)30-28-15-21-7-9-22(10-8-21)35-16-23(31)29-24-19(4)13-18(3)14-20(24)5/h7-10,13-15,17H,6,11-12,16H2,1-5H3,(H,27,32)(H,29,31)(H,30,33)/b28-15-. The molecule has 0 aromatic heterocycles. The Bertz CT molecular complexity index is 1030. The van der Waals surface area contributed by atoms with E-state index in [1.807, 2.05) is 46.8 Å². The highest BCUT2D eigenvalue weighted by molar-refractivity contribution is 6.35. The van der Waals surface area contributed by atoms with Crippen LogP contribution in [0.3, 0.4) is 0 Å². The number of hydrazone groups is 1. The van der Waals surface area contributed by atoms with Crippen LogP contribution in [0.1, 0.15) is 42.5 Å². The van der Waals surface area contributed by atoms with Crippen LogP contribution in [0.15, 0.2) is 41.5 Å². The average Bonchev–Trinajstić information content (AvgIpc) is 2.80. The van der Waals surface area contributed by atoms with Gasteiger partial charge < -0.3 is 20.1 Å². The molecule has 188 valence electrons. The Morgan fingerprint density at radius 1 is 1.00 bits per heavy atom. The molecule has 0 saturated carbocycles. The molecule has 3 N–H and O–H groups in total. The number of nitrogens with zero attached hydrogens (tertiary/aromatic N) is 1. The molecule has 2 aromatic carbocycles. The van der Waals surface area contributed by atoms with Gasteiger partial charge in [-0.15, -0.1) is 0 Å². The highest BCUT2D eigenvalue weighted by atomic mass is 16.5. The SMILES string of the molecule is Cc1cc(C)c(NC(=O)COc2ccc(/C=N\NC(=O)C(=O)NCCCOC(C)C)cc2)c(C)c1. The molecular formula is C26H34N4O5. The van der Waals surface area contributed by atoms with Crippen LogP contribution in [0, 0.1) is 20.8 Å². The first-order valence-electron chi connectivity index (χ1n) is 11.5. The summed E-state index contributed by atoms with van der Waals surface area (Å²) in [6.07, 6.45) is 2.14. The maximum absolute atomic E-state index is 12.3. The smallest absolute Gasteiger partial charge is 0.329 e. The van der Waals surface area contributed by atoms with E-state index >= 15 is 0 Å². The van der Waals surface area contributed by atoms with Crippen molar-refractivity contribution in [1.82, 2.24) is 10.7 Å². The zero-order chi connectivity index (χ0) is 25.8. The number of hydrogen-bond donors (Lipinski definition) is 3.